The maximum Gasteiger partial charge on any atom is 0.141 e. The molecule has 0 saturated carbocycles. The third-order valence-electron chi connectivity index (χ3n) is 2.01. The lowest BCUT2D eigenvalue weighted by molar-refractivity contribution is 0.286. The molecule has 1 aromatic rings. The molecule has 0 radical (unpaired) electrons. The highest BCUT2D eigenvalue weighted by Crippen LogP contribution is 2.22. The lowest BCUT2D eigenvalue weighted by Gasteiger charge is -2.09. The number of methoxy groups -OCH3 is 1. The SMILES string of the molecule is COc1ccccc1NCCCCO. The zero-order valence-electron chi connectivity index (χ0n) is 8.49. The Morgan fingerprint density at radius 1 is 1.29 bits per heavy atom. The van der Waals surface area contributed by atoms with Gasteiger partial charge in [0.2, 0.25) is 0 Å². The average Bonchev–Trinajstić information content (AvgIpc) is 2.25. The number of rotatable bonds is 6. The van der Waals surface area contributed by atoms with Gasteiger partial charge in [0.1, 0.15) is 5.75 Å². The van der Waals surface area contributed by atoms with Gasteiger partial charge in [0.25, 0.3) is 0 Å². The number of anilines is 1. The second-order valence-electron chi connectivity index (χ2n) is 3.06. The lowest BCUT2D eigenvalue weighted by atomic mass is 10.2. The molecule has 0 unspecified atom stereocenters. The van der Waals surface area contributed by atoms with Gasteiger partial charge in [0, 0.05) is 13.2 Å². The molecule has 0 saturated heterocycles. The van der Waals surface area contributed by atoms with Gasteiger partial charge in [0.15, 0.2) is 0 Å². The highest BCUT2D eigenvalue weighted by molar-refractivity contribution is 5.55. The lowest BCUT2D eigenvalue weighted by Crippen LogP contribution is -2.03. The van der Waals surface area contributed by atoms with Crippen molar-refractivity contribution >= 4 is 5.69 Å². The van der Waals surface area contributed by atoms with Crippen molar-refractivity contribution in [3.05, 3.63) is 24.3 Å². The van der Waals surface area contributed by atoms with Crippen LogP contribution in [0.25, 0.3) is 0 Å². The molecule has 0 aliphatic heterocycles. The van der Waals surface area contributed by atoms with Crippen LogP contribution in [0.1, 0.15) is 12.8 Å². The minimum atomic E-state index is 0.258. The van der Waals surface area contributed by atoms with Crippen LogP contribution < -0.4 is 10.1 Å². The first-order valence-corrected chi connectivity index (χ1v) is 4.86. The molecule has 14 heavy (non-hydrogen) atoms. The van der Waals surface area contributed by atoms with Gasteiger partial charge in [-0.05, 0) is 25.0 Å². The Morgan fingerprint density at radius 3 is 2.79 bits per heavy atom. The quantitative estimate of drug-likeness (QED) is 0.681. The summed E-state index contributed by atoms with van der Waals surface area (Å²) in [6.07, 6.45) is 1.80. The van der Waals surface area contributed by atoms with Gasteiger partial charge in [0.05, 0.1) is 12.8 Å². The molecule has 1 rings (SSSR count). The number of para-hydroxylation sites is 2. The van der Waals surface area contributed by atoms with Crippen molar-refractivity contribution in [2.24, 2.45) is 0 Å². The van der Waals surface area contributed by atoms with E-state index in [4.69, 9.17) is 9.84 Å². The van der Waals surface area contributed by atoms with Crippen molar-refractivity contribution in [3.8, 4) is 5.75 Å². The molecule has 78 valence electrons. The minimum absolute atomic E-state index is 0.258. The van der Waals surface area contributed by atoms with Crippen molar-refractivity contribution in [1.29, 1.82) is 0 Å². The topological polar surface area (TPSA) is 41.5 Å². The first-order chi connectivity index (χ1) is 6.88. The van der Waals surface area contributed by atoms with Gasteiger partial charge >= 0.3 is 0 Å². The summed E-state index contributed by atoms with van der Waals surface area (Å²) < 4.78 is 5.19. The predicted octanol–water partition coefficient (Wildman–Crippen LogP) is 1.88. The molecule has 3 nitrogen and oxygen atoms in total. The average molecular weight is 195 g/mol. The van der Waals surface area contributed by atoms with Gasteiger partial charge in [-0.3, -0.25) is 0 Å². The molecule has 0 aromatic heterocycles. The third-order valence-corrected chi connectivity index (χ3v) is 2.01. The normalized spacial score (nSPS) is 9.86. The van der Waals surface area contributed by atoms with Crippen LogP contribution in [0.15, 0.2) is 24.3 Å². The molecule has 0 bridgehead atoms. The van der Waals surface area contributed by atoms with Crippen molar-refractivity contribution in [3.63, 3.8) is 0 Å². The van der Waals surface area contributed by atoms with Crippen molar-refractivity contribution in [1.82, 2.24) is 0 Å². The van der Waals surface area contributed by atoms with Crippen LogP contribution in [0.5, 0.6) is 5.75 Å². The van der Waals surface area contributed by atoms with Crippen molar-refractivity contribution in [2.45, 2.75) is 12.8 Å². The molecule has 0 atom stereocenters. The molecule has 0 aliphatic rings. The Kier molecular flexibility index (Phi) is 4.86. The van der Waals surface area contributed by atoms with Crippen LogP contribution in [-0.4, -0.2) is 25.4 Å². The molecule has 0 spiro atoms. The van der Waals surface area contributed by atoms with E-state index in [-0.39, 0.29) is 6.61 Å². The number of aliphatic hydroxyl groups excluding tert-OH is 1. The summed E-state index contributed by atoms with van der Waals surface area (Å²) in [6, 6.07) is 7.82. The van der Waals surface area contributed by atoms with Gasteiger partial charge in [-0.15, -0.1) is 0 Å². The molecular formula is C11H17NO2. The summed E-state index contributed by atoms with van der Waals surface area (Å²) in [6.45, 7) is 1.12. The van der Waals surface area contributed by atoms with Gasteiger partial charge in [-0.25, -0.2) is 0 Å². The predicted molar refractivity (Wildman–Crippen MR) is 57.8 cm³/mol. The molecule has 0 fully saturated rings. The molecule has 0 heterocycles. The Labute approximate surface area is 84.7 Å². The van der Waals surface area contributed by atoms with Crippen molar-refractivity contribution in [2.75, 3.05) is 25.6 Å². The molecule has 1 aromatic carbocycles. The van der Waals surface area contributed by atoms with Gasteiger partial charge in [-0.2, -0.15) is 0 Å². The summed E-state index contributed by atoms with van der Waals surface area (Å²) in [7, 11) is 1.66. The number of nitrogens with one attached hydrogen (secondary N) is 1. The van der Waals surface area contributed by atoms with E-state index in [2.05, 4.69) is 5.32 Å². The first kappa shape index (κ1) is 10.9. The van der Waals surface area contributed by atoms with E-state index in [1.807, 2.05) is 24.3 Å². The van der Waals surface area contributed by atoms with Crippen molar-refractivity contribution < 1.29 is 9.84 Å². The fraction of sp³-hybridized carbons (Fsp3) is 0.455. The third kappa shape index (κ3) is 3.26. The molecular weight excluding hydrogens is 178 g/mol. The Balaban J connectivity index is 2.41. The fourth-order valence-electron chi connectivity index (χ4n) is 1.25. The smallest absolute Gasteiger partial charge is 0.141 e. The zero-order chi connectivity index (χ0) is 10.2. The van der Waals surface area contributed by atoms with Crippen LogP contribution in [-0.2, 0) is 0 Å². The molecule has 0 amide bonds. The fourth-order valence-corrected chi connectivity index (χ4v) is 1.25. The summed E-state index contributed by atoms with van der Waals surface area (Å²) in [5.74, 6) is 0.858. The number of aliphatic hydroxyl groups is 1. The highest BCUT2D eigenvalue weighted by atomic mass is 16.5. The van der Waals surface area contributed by atoms with Crippen LogP contribution in [0, 0.1) is 0 Å². The zero-order valence-corrected chi connectivity index (χ0v) is 8.49. The van der Waals surface area contributed by atoms with Crippen LogP contribution in [0.3, 0.4) is 0 Å². The Hall–Kier alpha value is -1.22. The number of unbranched alkanes of at least 4 members (excludes halogenated alkanes) is 1. The van der Waals surface area contributed by atoms with E-state index < -0.39 is 0 Å². The number of hydrogen-bond donors (Lipinski definition) is 2. The van der Waals surface area contributed by atoms with Gasteiger partial charge < -0.3 is 15.2 Å². The Bertz CT molecular complexity index is 263. The van der Waals surface area contributed by atoms with Crippen LogP contribution >= 0.6 is 0 Å². The number of benzene rings is 1. The van der Waals surface area contributed by atoms with Crippen LogP contribution in [0.4, 0.5) is 5.69 Å². The largest absolute Gasteiger partial charge is 0.495 e. The summed E-state index contributed by atoms with van der Waals surface area (Å²) >= 11 is 0. The Morgan fingerprint density at radius 2 is 2.07 bits per heavy atom. The van der Waals surface area contributed by atoms with E-state index in [9.17, 15) is 0 Å². The minimum Gasteiger partial charge on any atom is -0.495 e. The van der Waals surface area contributed by atoms with E-state index in [0.29, 0.717) is 0 Å². The summed E-state index contributed by atoms with van der Waals surface area (Å²) in [5, 5.41) is 11.9. The van der Waals surface area contributed by atoms with E-state index >= 15 is 0 Å². The van der Waals surface area contributed by atoms with E-state index in [1.165, 1.54) is 0 Å². The van der Waals surface area contributed by atoms with E-state index in [0.717, 1.165) is 30.8 Å². The highest BCUT2D eigenvalue weighted by Gasteiger charge is 1.98. The second-order valence-corrected chi connectivity index (χ2v) is 3.06. The maximum atomic E-state index is 8.61. The monoisotopic (exact) mass is 195 g/mol. The van der Waals surface area contributed by atoms with E-state index in [1.54, 1.807) is 7.11 Å². The summed E-state index contributed by atoms with van der Waals surface area (Å²) in [5.41, 5.74) is 1.01. The van der Waals surface area contributed by atoms with Gasteiger partial charge in [-0.1, -0.05) is 12.1 Å². The molecule has 3 heteroatoms. The number of hydrogen-bond acceptors (Lipinski definition) is 3. The summed E-state index contributed by atoms with van der Waals surface area (Å²) in [4.78, 5) is 0. The molecule has 2 N–H and O–H groups in total. The van der Waals surface area contributed by atoms with Crippen LogP contribution in [0.2, 0.25) is 0 Å². The first-order valence-electron chi connectivity index (χ1n) is 4.86. The standard InChI is InChI=1S/C11H17NO2/c1-14-11-7-3-2-6-10(11)12-8-4-5-9-13/h2-3,6-7,12-13H,4-5,8-9H2,1H3. The molecule has 0 aliphatic carbocycles. The maximum absolute atomic E-state index is 8.61. The second kappa shape index (κ2) is 6.27. The number of ether oxygens (including phenoxy) is 1.